The Balaban J connectivity index is 1.55. The largest absolute Gasteiger partial charge is 0.484 e. The number of carbonyl (C=O) groups is 1. The van der Waals surface area contributed by atoms with Gasteiger partial charge in [0.2, 0.25) is 0 Å². The van der Waals surface area contributed by atoms with Crippen LogP contribution in [-0.4, -0.2) is 24.2 Å². The number of amides is 1. The number of rotatable bonds is 6. The normalized spacial score (nSPS) is 13.4. The fourth-order valence-electron chi connectivity index (χ4n) is 2.34. The predicted octanol–water partition coefficient (Wildman–Crippen LogP) is 2.97. The number of carbonyl (C=O) groups excluding carboxylic acids is 1. The van der Waals surface area contributed by atoms with Crippen molar-refractivity contribution < 1.29 is 23.4 Å². The molecule has 0 aliphatic heterocycles. The number of fused-ring (bicyclic) bond motifs is 1. The molecule has 3 aromatic rings. The average molecular weight is 343 g/mol. The quantitative estimate of drug-likeness (QED) is 0.722. The maximum absolute atomic E-state index is 12.8. The van der Waals surface area contributed by atoms with Gasteiger partial charge in [-0.25, -0.2) is 4.39 Å². The van der Waals surface area contributed by atoms with Crippen molar-refractivity contribution in [3.8, 4) is 5.75 Å². The Hall–Kier alpha value is -2.86. The predicted molar refractivity (Wildman–Crippen MR) is 90.7 cm³/mol. The summed E-state index contributed by atoms with van der Waals surface area (Å²) in [6, 6.07) is 14.5. The van der Waals surface area contributed by atoms with Crippen molar-refractivity contribution in [3.63, 3.8) is 0 Å². The Kier molecular flexibility index (Phi) is 4.72. The van der Waals surface area contributed by atoms with Crippen LogP contribution >= 0.6 is 0 Å². The monoisotopic (exact) mass is 343 g/mol. The molecule has 0 spiro atoms. The van der Waals surface area contributed by atoms with Crippen molar-refractivity contribution >= 4 is 16.9 Å². The number of hydrogen-bond acceptors (Lipinski definition) is 4. The topological polar surface area (TPSA) is 71.7 Å². The van der Waals surface area contributed by atoms with Crippen LogP contribution in [0, 0.1) is 5.82 Å². The summed E-state index contributed by atoms with van der Waals surface area (Å²) in [5, 5.41) is 14.0. The Morgan fingerprint density at radius 2 is 1.96 bits per heavy atom. The van der Waals surface area contributed by atoms with E-state index in [4.69, 9.17) is 9.15 Å². The molecule has 1 aromatic heterocycles. The maximum atomic E-state index is 12.8. The minimum Gasteiger partial charge on any atom is -0.484 e. The van der Waals surface area contributed by atoms with Crippen LogP contribution in [0.15, 0.2) is 59.0 Å². The van der Waals surface area contributed by atoms with E-state index < -0.39 is 11.5 Å². The van der Waals surface area contributed by atoms with Crippen LogP contribution in [-0.2, 0) is 10.4 Å². The van der Waals surface area contributed by atoms with E-state index in [0.29, 0.717) is 17.1 Å². The molecule has 1 heterocycles. The van der Waals surface area contributed by atoms with Crippen molar-refractivity contribution in [2.24, 2.45) is 0 Å². The first-order chi connectivity index (χ1) is 11.9. The number of ether oxygens (including phenoxy) is 1. The summed E-state index contributed by atoms with van der Waals surface area (Å²) in [6.07, 6.45) is 0. The zero-order valence-corrected chi connectivity index (χ0v) is 13.7. The van der Waals surface area contributed by atoms with E-state index in [1.54, 1.807) is 13.0 Å². The Labute approximate surface area is 144 Å². The molecule has 0 radical (unpaired) electrons. The molecule has 0 bridgehead atoms. The lowest BCUT2D eigenvalue weighted by molar-refractivity contribution is -0.124. The highest BCUT2D eigenvalue weighted by Gasteiger charge is 2.28. The van der Waals surface area contributed by atoms with Gasteiger partial charge in [0, 0.05) is 5.39 Å². The summed E-state index contributed by atoms with van der Waals surface area (Å²) in [4.78, 5) is 11.9. The highest BCUT2D eigenvalue weighted by molar-refractivity contribution is 5.78. The van der Waals surface area contributed by atoms with Gasteiger partial charge in [0.05, 0.1) is 6.54 Å². The second-order valence-electron chi connectivity index (χ2n) is 5.94. The van der Waals surface area contributed by atoms with Gasteiger partial charge in [0.25, 0.3) is 5.91 Å². The van der Waals surface area contributed by atoms with Gasteiger partial charge in [-0.15, -0.1) is 0 Å². The molecule has 2 aromatic carbocycles. The standard InChI is InChI=1S/C19H18FNO4/c1-19(23,17-10-13-4-2-3-5-16(13)25-17)12-21-18(22)11-24-15-8-6-14(20)7-9-15/h2-10,23H,11-12H2,1H3,(H,21,22). The van der Waals surface area contributed by atoms with Gasteiger partial charge in [-0.1, -0.05) is 18.2 Å². The molecular weight excluding hydrogens is 325 g/mol. The minimum absolute atomic E-state index is 0.0293. The smallest absolute Gasteiger partial charge is 0.258 e. The van der Waals surface area contributed by atoms with Crippen molar-refractivity contribution in [3.05, 3.63) is 66.2 Å². The molecule has 6 heteroatoms. The number of aliphatic hydroxyl groups is 1. The van der Waals surface area contributed by atoms with Crippen LogP contribution < -0.4 is 10.1 Å². The van der Waals surface area contributed by atoms with E-state index in [1.807, 2.05) is 24.3 Å². The van der Waals surface area contributed by atoms with Crippen LogP contribution in [0.2, 0.25) is 0 Å². The Morgan fingerprint density at radius 1 is 1.24 bits per heavy atom. The van der Waals surface area contributed by atoms with E-state index in [-0.39, 0.29) is 19.0 Å². The highest BCUT2D eigenvalue weighted by atomic mass is 19.1. The molecule has 3 rings (SSSR count). The first-order valence-corrected chi connectivity index (χ1v) is 7.80. The maximum Gasteiger partial charge on any atom is 0.258 e. The molecule has 2 N–H and O–H groups in total. The molecule has 0 saturated heterocycles. The molecule has 0 saturated carbocycles. The third-order valence-corrected chi connectivity index (χ3v) is 3.77. The third-order valence-electron chi connectivity index (χ3n) is 3.77. The third kappa shape index (κ3) is 4.16. The SMILES string of the molecule is CC(O)(CNC(=O)COc1ccc(F)cc1)c1cc2ccccc2o1. The van der Waals surface area contributed by atoms with Crippen LogP contribution in [0.1, 0.15) is 12.7 Å². The van der Waals surface area contributed by atoms with Gasteiger partial charge in [-0.3, -0.25) is 4.79 Å². The van der Waals surface area contributed by atoms with Gasteiger partial charge in [-0.2, -0.15) is 0 Å². The summed E-state index contributed by atoms with van der Waals surface area (Å²) in [5.74, 6) is -0.0200. The van der Waals surface area contributed by atoms with Crippen LogP contribution in [0.4, 0.5) is 4.39 Å². The molecule has 1 unspecified atom stereocenters. The molecule has 0 aliphatic carbocycles. The van der Waals surface area contributed by atoms with Gasteiger partial charge in [0.1, 0.15) is 28.5 Å². The molecule has 0 fully saturated rings. The number of benzene rings is 2. The summed E-state index contributed by atoms with van der Waals surface area (Å²) < 4.78 is 23.7. The Bertz CT molecular complexity index is 838. The molecule has 5 nitrogen and oxygen atoms in total. The van der Waals surface area contributed by atoms with Crippen molar-refractivity contribution in [2.75, 3.05) is 13.2 Å². The second kappa shape index (κ2) is 6.94. The van der Waals surface area contributed by atoms with Crippen LogP contribution in [0.5, 0.6) is 5.75 Å². The number of furan rings is 1. The van der Waals surface area contributed by atoms with Crippen LogP contribution in [0.25, 0.3) is 11.0 Å². The van der Waals surface area contributed by atoms with E-state index in [9.17, 15) is 14.3 Å². The van der Waals surface area contributed by atoms with E-state index in [0.717, 1.165) is 5.39 Å². The van der Waals surface area contributed by atoms with Crippen molar-refractivity contribution in [1.29, 1.82) is 0 Å². The lowest BCUT2D eigenvalue weighted by Crippen LogP contribution is -2.40. The summed E-state index contributed by atoms with van der Waals surface area (Å²) in [6.45, 7) is 1.30. The van der Waals surface area contributed by atoms with E-state index >= 15 is 0 Å². The summed E-state index contributed by atoms with van der Waals surface area (Å²) in [7, 11) is 0. The molecule has 130 valence electrons. The molecule has 25 heavy (non-hydrogen) atoms. The fraction of sp³-hybridized carbons (Fsp3) is 0.211. The average Bonchev–Trinajstić information content (AvgIpc) is 3.05. The highest BCUT2D eigenvalue weighted by Crippen LogP contribution is 2.27. The number of nitrogens with one attached hydrogen (secondary N) is 1. The fourth-order valence-corrected chi connectivity index (χ4v) is 2.34. The van der Waals surface area contributed by atoms with Crippen molar-refractivity contribution in [2.45, 2.75) is 12.5 Å². The number of para-hydroxylation sites is 1. The Morgan fingerprint density at radius 3 is 2.68 bits per heavy atom. The molecule has 1 atom stereocenters. The molecule has 1 amide bonds. The number of hydrogen-bond donors (Lipinski definition) is 2. The molecule has 0 aliphatic rings. The zero-order chi connectivity index (χ0) is 17.9. The zero-order valence-electron chi connectivity index (χ0n) is 13.7. The summed E-state index contributed by atoms with van der Waals surface area (Å²) >= 11 is 0. The number of halogens is 1. The van der Waals surface area contributed by atoms with Crippen molar-refractivity contribution in [1.82, 2.24) is 5.32 Å². The first kappa shape index (κ1) is 17.0. The van der Waals surface area contributed by atoms with Gasteiger partial charge in [-0.05, 0) is 43.3 Å². The van der Waals surface area contributed by atoms with Gasteiger partial charge >= 0.3 is 0 Å². The van der Waals surface area contributed by atoms with E-state index in [2.05, 4.69) is 5.32 Å². The minimum atomic E-state index is -1.36. The van der Waals surface area contributed by atoms with E-state index in [1.165, 1.54) is 24.3 Å². The summed E-state index contributed by atoms with van der Waals surface area (Å²) in [5.41, 5.74) is -0.686. The van der Waals surface area contributed by atoms with Gasteiger partial charge in [0.15, 0.2) is 6.61 Å². The molecular formula is C19H18FNO4. The lowest BCUT2D eigenvalue weighted by Gasteiger charge is -2.21. The van der Waals surface area contributed by atoms with Crippen LogP contribution in [0.3, 0.4) is 0 Å². The van der Waals surface area contributed by atoms with Gasteiger partial charge < -0.3 is 19.6 Å². The first-order valence-electron chi connectivity index (χ1n) is 7.80. The second-order valence-corrected chi connectivity index (χ2v) is 5.94. The lowest BCUT2D eigenvalue weighted by atomic mass is 10.0.